The Morgan fingerprint density at radius 1 is 1.44 bits per heavy atom. The Hall–Kier alpha value is -0.710. The molecule has 1 unspecified atom stereocenters. The van der Waals surface area contributed by atoms with Crippen LogP contribution in [0.15, 0.2) is 28.7 Å². The van der Waals surface area contributed by atoms with Crippen molar-refractivity contribution in [2.24, 2.45) is 0 Å². The average molecular weight is 312 g/mol. The first kappa shape index (κ1) is 13.7. The van der Waals surface area contributed by atoms with Gasteiger partial charge in [-0.05, 0) is 25.6 Å². The Balaban J connectivity index is 1.82. The summed E-state index contributed by atoms with van der Waals surface area (Å²) in [6, 6.07) is 8.02. The minimum absolute atomic E-state index is 0.202. The van der Waals surface area contributed by atoms with E-state index < -0.39 is 0 Å². The summed E-state index contributed by atoms with van der Waals surface area (Å²) in [6.07, 6.45) is 1.64. The maximum Gasteiger partial charge on any atom is 0.164 e. The standard InChI is InChI=1S/C14H18BrNO2/c1-16(13-7-9-18-10-13)8-6-14(17)11-2-4-12(15)5-3-11/h2-5,13H,6-10H2,1H3. The van der Waals surface area contributed by atoms with E-state index in [9.17, 15) is 4.79 Å². The molecule has 0 N–H and O–H groups in total. The highest BCUT2D eigenvalue weighted by Crippen LogP contribution is 2.14. The van der Waals surface area contributed by atoms with Gasteiger partial charge in [-0.15, -0.1) is 0 Å². The molecule has 0 amide bonds. The highest BCUT2D eigenvalue weighted by Gasteiger charge is 2.20. The molecule has 1 aromatic rings. The molecule has 1 aliphatic heterocycles. The van der Waals surface area contributed by atoms with Gasteiger partial charge in [-0.1, -0.05) is 28.1 Å². The number of hydrogen-bond acceptors (Lipinski definition) is 3. The summed E-state index contributed by atoms with van der Waals surface area (Å²) >= 11 is 3.37. The van der Waals surface area contributed by atoms with Gasteiger partial charge in [-0.2, -0.15) is 0 Å². The van der Waals surface area contributed by atoms with Crippen LogP contribution in [0.5, 0.6) is 0 Å². The maximum atomic E-state index is 12.0. The predicted octanol–water partition coefficient (Wildman–Crippen LogP) is 2.74. The van der Waals surface area contributed by atoms with Crippen molar-refractivity contribution in [3.05, 3.63) is 34.3 Å². The summed E-state index contributed by atoms with van der Waals surface area (Å²) in [5, 5.41) is 0. The molecule has 98 valence electrons. The zero-order valence-corrected chi connectivity index (χ0v) is 12.1. The van der Waals surface area contributed by atoms with Crippen molar-refractivity contribution in [2.75, 3.05) is 26.8 Å². The normalized spacial score (nSPS) is 19.4. The van der Waals surface area contributed by atoms with E-state index in [4.69, 9.17) is 4.74 Å². The van der Waals surface area contributed by atoms with Crippen LogP contribution in [-0.2, 0) is 4.74 Å². The molecule has 1 aromatic carbocycles. The summed E-state index contributed by atoms with van der Waals surface area (Å²) < 4.78 is 6.35. The number of ether oxygens (including phenoxy) is 1. The number of rotatable bonds is 5. The molecule has 4 heteroatoms. The summed E-state index contributed by atoms with van der Waals surface area (Å²) in [7, 11) is 2.06. The van der Waals surface area contributed by atoms with E-state index >= 15 is 0 Å². The van der Waals surface area contributed by atoms with Crippen LogP contribution in [0.1, 0.15) is 23.2 Å². The number of carbonyl (C=O) groups excluding carboxylic acids is 1. The first-order valence-electron chi connectivity index (χ1n) is 6.23. The third-order valence-electron chi connectivity index (χ3n) is 3.39. The first-order valence-corrected chi connectivity index (χ1v) is 7.03. The second kappa shape index (κ2) is 6.45. The van der Waals surface area contributed by atoms with Gasteiger partial charge in [0.2, 0.25) is 0 Å². The second-order valence-corrected chi connectivity index (χ2v) is 5.59. The van der Waals surface area contributed by atoms with E-state index in [1.807, 2.05) is 24.3 Å². The van der Waals surface area contributed by atoms with E-state index in [0.717, 1.165) is 36.2 Å². The van der Waals surface area contributed by atoms with Crippen LogP contribution in [0, 0.1) is 0 Å². The lowest BCUT2D eigenvalue weighted by molar-refractivity contribution is 0.0954. The number of hydrogen-bond donors (Lipinski definition) is 0. The summed E-state index contributed by atoms with van der Waals surface area (Å²) in [4.78, 5) is 14.2. The van der Waals surface area contributed by atoms with Gasteiger partial charge in [0, 0.05) is 35.7 Å². The number of benzene rings is 1. The Morgan fingerprint density at radius 2 is 2.17 bits per heavy atom. The monoisotopic (exact) mass is 311 g/mol. The van der Waals surface area contributed by atoms with Crippen molar-refractivity contribution < 1.29 is 9.53 Å². The van der Waals surface area contributed by atoms with Crippen molar-refractivity contribution in [1.29, 1.82) is 0 Å². The molecule has 1 fully saturated rings. The van der Waals surface area contributed by atoms with E-state index in [2.05, 4.69) is 27.9 Å². The van der Waals surface area contributed by atoms with Gasteiger partial charge in [0.15, 0.2) is 5.78 Å². The fraction of sp³-hybridized carbons (Fsp3) is 0.500. The lowest BCUT2D eigenvalue weighted by Gasteiger charge is -2.22. The SMILES string of the molecule is CN(CCC(=O)c1ccc(Br)cc1)C1CCOC1. The van der Waals surface area contributed by atoms with Crippen LogP contribution in [0.2, 0.25) is 0 Å². The minimum Gasteiger partial charge on any atom is -0.380 e. The minimum atomic E-state index is 0.202. The average Bonchev–Trinajstić information content (AvgIpc) is 2.90. The molecule has 18 heavy (non-hydrogen) atoms. The van der Waals surface area contributed by atoms with Gasteiger partial charge in [0.1, 0.15) is 0 Å². The van der Waals surface area contributed by atoms with Crippen molar-refractivity contribution in [2.45, 2.75) is 18.9 Å². The Kier molecular flexibility index (Phi) is 4.92. The number of ketones is 1. The summed E-state index contributed by atoms with van der Waals surface area (Å²) in [5.74, 6) is 0.202. The number of nitrogens with zero attached hydrogens (tertiary/aromatic N) is 1. The Bertz CT molecular complexity index is 399. The van der Waals surface area contributed by atoms with Gasteiger partial charge in [0.25, 0.3) is 0 Å². The molecule has 0 spiro atoms. The lowest BCUT2D eigenvalue weighted by Crippen LogP contribution is -2.33. The van der Waals surface area contributed by atoms with Crippen LogP contribution in [0.3, 0.4) is 0 Å². The predicted molar refractivity (Wildman–Crippen MR) is 74.9 cm³/mol. The topological polar surface area (TPSA) is 29.5 Å². The fourth-order valence-electron chi connectivity index (χ4n) is 2.11. The number of carbonyl (C=O) groups is 1. The van der Waals surface area contributed by atoms with Crippen molar-refractivity contribution >= 4 is 21.7 Å². The van der Waals surface area contributed by atoms with E-state index in [0.29, 0.717) is 12.5 Å². The van der Waals surface area contributed by atoms with Crippen molar-refractivity contribution in [3.8, 4) is 0 Å². The maximum absolute atomic E-state index is 12.0. The van der Waals surface area contributed by atoms with Crippen LogP contribution >= 0.6 is 15.9 Å². The molecule has 0 saturated carbocycles. The highest BCUT2D eigenvalue weighted by molar-refractivity contribution is 9.10. The zero-order chi connectivity index (χ0) is 13.0. The van der Waals surface area contributed by atoms with Crippen LogP contribution in [0.4, 0.5) is 0 Å². The molecule has 0 radical (unpaired) electrons. The molecule has 0 aromatic heterocycles. The number of likely N-dealkylation sites (N-methyl/N-ethyl adjacent to an activating group) is 1. The summed E-state index contributed by atoms with van der Waals surface area (Å²) in [5.41, 5.74) is 0.786. The number of halogens is 1. The van der Waals surface area contributed by atoms with Gasteiger partial charge < -0.3 is 9.64 Å². The van der Waals surface area contributed by atoms with E-state index in [1.165, 1.54) is 0 Å². The molecular formula is C14H18BrNO2. The molecule has 0 bridgehead atoms. The fourth-order valence-corrected chi connectivity index (χ4v) is 2.37. The van der Waals surface area contributed by atoms with Crippen molar-refractivity contribution in [3.63, 3.8) is 0 Å². The van der Waals surface area contributed by atoms with Gasteiger partial charge >= 0.3 is 0 Å². The van der Waals surface area contributed by atoms with Crippen molar-refractivity contribution in [1.82, 2.24) is 4.90 Å². The molecule has 1 aliphatic rings. The van der Waals surface area contributed by atoms with Crippen LogP contribution in [-0.4, -0.2) is 43.5 Å². The molecule has 1 heterocycles. The van der Waals surface area contributed by atoms with Gasteiger partial charge in [-0.3, -0.25) is 4.79 Å². The lowest BCUT2D eigenvalue weighted by atomic mass is 10.1. The molecule has 3 nitrogen and oxygen atoms in total. The van der Waals surface area contributed by atoms with E-state index in [-0.39, 0.29) is 5.78 Å². The van der Waals surface area contributed by atoms with Gasteiger partial charge in [-0.25, -0.2) is 0 Å². The largest absolute Gasteiger partial charge is 0.380 e. The van der Waals surface area contributed by atoms with Crippen LogP contribution in [0.25, 0.3) is 0 Å². The van der Waals surface area contributed by atoms with Crippen LogP contribution < -0.4 is 0 Å². The molecular weight excluding hydrogens is 294 g/mol. The number of Topliss-reactive ketones (excluding diaryl/α,β-unsaturated/α-hetero) is 1. The highest BCUT2D eigenvalue weighted by atomic mass is 79.9. The van der Waals surface area contributed by atoms with E-state index in [1.54, 1.807) is 0 Å². The molecule has 1 saturated heterocycles. The summed E-state index contributed by atoms with van der Waals surface area (Å²) in [6.45, 7) is 2.43. The zero-order valence-electron chi connectivity index (χ0n) is 10.6. The molecule has 0 aliphatic carbocycles. The molecule has 1 atom stereocenters. The third-order valence-corrected chi connectivity index (χ3v) is 3.92. The third kappa shape index (κ3) is 3.64. The second-order valence-electron chi connectivity index (χ2n) is 4.68. The Labute approximate surface area is 116 Å². The Morgan fingerprint density at radius 3 is 2.78 bits per heavy atom. The first-order chi connectivity index (χ1) is 8.66. The van der Waals surface area contributed by atoms with Gasteiger partial charge in [0.05, 0.1) is 6.61 Å². The molecule has 2 rings (SSSR count). The quantitative estimate of drug-likeness (QED) is 0.783. The smallest absolute Gasteiger partial charge is 0.164 e.